The Bertz CT molecular complexity index is 617. The van der Waals surface area contributed by atoms with Crippen LogP contribution in [0.15, 0.2) is 24.3 Å². The van der Waals surface area contributed by atoms with Crippen LogP contribution in [0.25, 0.3) is 0 Å². The molecule has 25 heavy (non-hydrogen) atoms. The fourth-order valence-electron chi connectivity index (χ4n) is 3.89. The molecule has 0 aliphatic heterocycles. The number of amides is 3. The van der Waals surface area contributed by atoms with Gasteiger partial charge in [0, 0.05) is 23.3 Å². The number of rotatable bonds is 6. The molecule has 3 fully saturated rings. The van der Waals surface area contributed by atoms with Crippen LogP contribution in [0, 0.1) is 11.8 Å². The Hall–Kier alpha value is -2.04. The first-order valence-electron chi connectivity index (χ1n) is 9.67. The van der Waals surface area contributed by atoms with E-state index in [9.17, 15) is 9.59 Å². The minimum Gasteiger partial charge on any atom is -0.349 e. The Morgan fingerprint density at radius 1 is 0.880 bits per heavy atom. The van der Waals surface area contributed by atoms with Crippen molar-refractivity contribution in [3.05, 3.63) is 29.8 Å². The van der Waals surface area contributed by atoms with Crippen LogP contribution in [-0.4, -0.2) is 24.0 Å². The Balaban J connectivity index is 1.29. The Morgan fingerprint density at radius 3 is 2.04 bits per heavy atom. The molecule has 0 atom stereocenters. The second-order valence-electron chi connectivity index (χ2n) is 7.83. The van der Waals surface area contributed by atoms with Gasteiger partial charge in [-0.25, -0.2) is 4.79 Å². The molecule has 3 N–H and O–H groups in total. The van der Waals surface area contributed by atoms with Crippen molar-refractivity contribution >= 4 is 17.6 Å². The lowest BCUT2D eigenvalue weighted by Crippen LogP contribution is -2.40. The largest absolute Gasteiger partial charge is 0.349 e. The molecule has 4 rings (SSSR count). The molecular formula is C20H27N3O2. The van der Waals surface area contributed by atoms with Gasteiger partial charge >= 0.3 is 6.03 Å². The van der Waals surface area contributed by atoms with Crippen molar-refractivity contribution in [1.82, 2.24) is 10.6 Å². The molecule has 5 heteroatoms. The monoisotopic (exact) mass is 341 g/mol. The molecule has 0 bridgehead atoms. The van der Waals surface area contributed by atoms with Crippen molar-refractivity contribution in [2.45, 2.75) is 63.5 Å². The van der Waals surface area contributed by atoms with Gasteiger partial charge in [0.05, 0.1) is 0 Å². The molecular weight excluding hydrogens is 314 g/mol. The van der Waals surface area contributed by atoms with E-state index in [0.29, 0.717) is 29.5 Å². The topological polar surface area (TPSA) is 70.2 Å². The van der Waals surface area contributed by atoms with E-state index in [0.717, 1.165) is 18.5 Å². The summed E-state index contributed by atoms with van der Waals surface area (Å²) in [5, 5.41) is 9.12. The van der Waals surface area contributed by atoms with Gasteiger partial charge in [0.25, 0.3) is 5.91 Å². The van der Waals surface area contributed by atoms with E-state index in [-0.39, 0.29) is 11.9 Å². The van der Waals surface area contributed by atoms with Gasteiger partial charge in [0.2, 0.25) is 0 Å². The quantitative estimate of drug-likeness (QED) is 0.739. The Morgan fingerprint density at radius 2 is 1.48 bits per heavy atom. The van der Waals surface area contributed by atoms with Gasteiger partial charge in [-0.05, 0) is 74.6 Å². The molecule has 1 aromatic carbocycles. The van der Waals surface area contributed by atoms with Crippen molar-refractivity contribution in [2.24, 2.45) is 11.8 Å². The maximum absolute atomic E-state index is 12.2. The number of hydrogen-bond acceptors (Lipinski definition) is 2. The van der Waals surface area contributed by atoms with Crippen LogP contribution < -0.4 is 16.0 Å². The van der Waals surface area contributed by atoms with Gasteiger partial charge in [0.15, 0.2) is 0 Å². The average Bonchev–Trinajstić information content (AvgIpc) is 3.53. The highest BCUT2D eigenvalue weighted by Gasteiger charge is 2.42. The lowest BCUT2D eigenvalue weighted by molar-refractivity contribution is 0.0938. The highest BCUT2D eigenvalue weighted by Crippen LogP contribution is 2.44. The zero-order chi connectivity index (χ0) is 17.2. The number of carbonyl (C=O) groups is 2. The van der Waals surface area contributed by atoms with Crippen LogP contribution in [0.4, 0.5) is 10.5 Å². The number of hydrogen-bond donors (Lipinski definition) is 3. The maximum Gasteiger partial charge on any atom is 0.319 e. The van der Waals surface area contributed by atoms with Crippen molar-refractivity contribution in [1.29, 1.82) is 0 Å². The van der Waals surface area contributed by atoms with Crippen LogP contribution in [0.1, 0.15) is 61.7 Å². The SMILES string of the molecule is O=C(Nc1ccc(C(=O)NC2CCCC2)cc1)NC(C1CC1)C1CC1. The van der Waals surface area contributed by atoms with Crippen molar-refractivity contribution in [3.8, 4) is 0 Å². The number of carbonyl (C=O) groups excluding carboxylic acids is 2. The first-order chi connectivity index (χ1) is 12.2. The van der Waals surface area contributed by atoms with Crippen LogP contribution in [0.3, 0.4) is 0 Å². The summed E-state index contributed by atoms with van der Waals surface area (Å²) in [6.45, 7) is 0. The minimum absolute atomic E-state index is 0.0227. The molecule has 3 saturated carbocycles. The summed E-state index contributed by atoms with van der Waals surface area (Å²) in [5.41, 5.74) is 1.37. The zero-order valence-electron chi connectivity index (χ0n) is 14.6. The summed E-state index contributed by atoms with van der Waals surface area (Å²) in [6, 6.07) is 7.68. The lowest BCUT2D eigenvalue weighted by Gasteiger charge is -2.18. The maximum atomic E-state index is 12.2. The van der Waals surface area contributed by atoms with Crippen LogP contribution >= 0.6 is 0 Å². The second-order valence-corrected chi connectivity index (χ2v) is 7.83. The third-order valence-corrected chi connectivity index (χ3v) is 5.65. The summed E-state index contributed by atoms with van der Waals surface area (Å²) in [7, 11) is 0. The predicted molar refractivity (Wildman–Crippen MR) is 97.6 cm³/mol. The number of nitrogens with one attached hydrogen (secondary N) is 3. The highest BCUT2D eigenvalue weighted by atomic mass is 16.2. The van der Waals surface area contributed by atoms with E-state index in [4.69, 9.17) is 0 Å². The Kier molecular flexibility index (Phi) is 4.64. The first-order valence-corrected chi connectivity index (χ1v) is 9.67. The number of benzene rings is 1. The van der Waals surface area contributed by atoms with Crippen molar-refractivity contribution in [2.75, 3.05) is 5.32 Å². The van der Waals surface area contributed by atoms with Crippen molar-refractivity contribution < 1.29 is 9.59 Å². The Labute approximate surface area is 148 Å². The van der Waals surface area contributed by atoms with E-state index in [1.165, 1.54) is 38.5 Å². The summed E-state index contributed by atoms with van der Waals surface area (Å²) in [5.74, 6) is 1.34. The van der Waals surface area contributed by atoms with Crippen LogP contribution in [0.5, 0.6) is 0 Å². The van der Waals surface area contributed by atoms with E-state index in [2.05, 4.69) is 16.0 Å². The number of anilines is 1. The van der Waals surface area contributed by atoms with Gasteiger partial charge in [-0.15, -0.1) is 0 Å². The molecule has 0 unspecified atom stereocenters. The van der Waals surface area contributed by atoms with Crippen molar-refractivity contribution in [3.63, 3.8) is 0 Å². The molecule has 3 aliphatic rings. The van der Waals surface area contributed by atoms with Gasteiger partial charge in [0.1, 0.15) is 0 Å². The van der Waals surface area contributed by atoms with E-state index < -0.39 is 0 Å². The summed E-state index contributed by atoms with van der Waals surface area (Å²) in [4.78, 5) is 24.5. The van der Waals surface area contributed by atoms with E-state index in [1.807, 2.05) is 0 Å². The summed E-state index contributed by atoms with van der Waals surface area (Å²) >= 11 is 0. The average molecular weight is 341 g/mol. The molecule has 0 aromatic heterocycles. The number of urea groups is 1. The molecule has 1 aromatic rings. The van der Waals surface area contributed by atoms with Gasteiger partial charge < -0.3 is 16.0 Å². The lowest BCUT2D eigenvalue weighted by atomic mass is 10.1. The normalized spacial score (nSPS) is 20.5. The smallest absolute Gasteiger partial charge is 0.319 e. The zero-order valence-corrected chi connectivity index (χ0v) is 14.6. The molecule has 0 radical (unpaired) electrons. The van der Waals surface area contributed by atoms with Gasteiger partial charge in [-0.3, -0.25) is 4.79 Å². The van der Waals surface area contributed by atoms with Gasteiger partial charge in [-0.1, -0.05) is 12.8 Å². The molecule has 0 spiro atoms. The predicted octanol–water partition coefficient (Wildman–Crippen LogP) is 3.67. The fourth-order valence-corrected chi connectivity index (χ4v) is 3.89. The van der Waals surface area contributed by atoms with E-state index in [1.54, 1.807) is 24.3 Å². The highest BCUT2D eigenvalue weighted by molar-refractivity contribution is 5.95. The molecule has 0 heterocycles. The molecule has 3 aliphatic carbocycles. The fraction of sp³-hybridized carbons (Fsp3) is 0.600. The van der Waals surface area contributed by atoms with Gasteiger partial charge in [-0.2, -0.15) is 0 Å². The third kappa shape index (κ3) is 4.33. The second kappa shape index (κ2) is 7.06. The molecule has 0 saturated heterocycles. The first kappa shape index (κ1) is 16.4. The van der Waals surface area contributed by atoms with Crippen LogP contribution in [0.2, 0.25) is 0 Å². The molecule has 5 nitrogen and oxygen atoms in total. The standard InChI is InChI=1S/C20H27N3O2/c24-19(21-16-3-1-2-4-16)15-9-11-17(12-10-15)22-20(25)23-18(13-5-6-13)14-7-8-14/h9-14,16,18H,1-8H2,(H,21,24)(H2,22,23,25). The molecule has 134 valence electrons. The van der Waals surface area contributed by atoms with E-state index >= 15 is 0 Å². The molecule has 3 amide bonds. The summed E-state index contributed by atoms with van der Waals surface area (Å²) < 4.78 is 0. The summed E-state index contributed by atoms with van der Waals surface area (Å²) in [6.07, 6.45) is 9.53. The van der Waals surface area contributed by atoms with Crippen LogP contribution in [-0.2, 0) is 0 Å². The third-order valence-electron chi connectivity index (χ3n) is 5.65. The minimum atomic E-state index is -0.132.